The predicted molar refractivity (Wildman–Crippen MR) is 59.9 cm³/mol. The summed E-state index contributed by atoms with van der Waals surface area (Å²) in [6, 6.07) is 0.593. The molecule has 0 bridgehead atoms. The average Bonchev–Trinajstić information content (AvgIpc) is 2.03. The first-order valence-electron chi connectivity index (χ1n) is 5.45. The van der Waals surface area contributed by atoms with Crippen LogP contribution in [0.15, 0.2) is 0 Å². The lowest BCUT2D eigenvalue weighted by atomic mass is 10.0. The molecule has 0 aliphatic heterocycles. The van der Waals surface area contributed by atoms with Gasteiger partial charge in [-0.05, 0) is 40.5 Å². The highest BCUT2D eigenvalue weighted by atomic mass is 15.2. The molecule has 0 aromatic rings. The molecule has 80 valence electrons. The van der Waals surface area contributed by atoms with Crippen molar-refractivity contribution < 1.29 is 0 Å². The molecule has 0 aliphatic carbocycles. The first-order chi connectivity index (χ1) is 5.91. The van der Waals surface area contributed by atoms with E-state index in [0.29, 0.717) is 12.2 Å². The normalized spacial score (nSPS) is 17.1. The van der Waals surface area contributed by atoms with Crippen LogP contribution in [-0.4, -0.2) is 17.7 Å². The van der Waals surface area contributed by atoms with E-state index in [9.17, 15) is 0 Å². The van der Waals surface area contributed by atoms with Crippen molar-refractivity contribution in [3.05, 3.63) is 0 Å². The Kier molecular flexibility index (Phi) is 5.57. The van der Waals surface area contributed by atoms with E-state index < -0.39 is 0 Å². The van der Waals surface area contributed by atoms with Crippen LogP contribution in [0.3, 0.4) is 0 Å². The number of hydrogen-bond donors (Lipinski definition) is 2. The van der Waals surface area contributed by atoms with Gasteiger partial charge in [0.25, 0.3) is 0 Å². The minimum absolute atomic E-state index is 0.236. The standard InChI is InChI=1S/C11H26N2/c1-7-9(3)12-10(4)13-11(5,6)8-2/h9-10,12-13H,7-8H2,1-6H3. The van der Waals surface area contributed by atoms with Gasteiger partial charge in [0.15, 0.2) is 0 Å². The summed E-state index contributed by atoms with van der Waals surface area (Å²) in [4.78, 5) is 0. The summed E-state index contributed by atoms with van der Waals surface area (Å²) in [5.74, 6) is 0. The van der Waals surface area contributed by atoms with Crippen LogP contribution in [0.2, 0.25) is 0 Å². The van der Waals surface area contributed by atoms with Gasteiger partial charge in [0.1, 0.15) is 0 Å². The van der Waals surface area contributed by atoms with Crippen molar-refractivity contribution in [1.29, 1.82) is 0 Å². The Hall–Kier alpha value is -0.0800. The summed E-state index contributed by atoms with van der Waals surface area (Å²) >= 11 is 0. The van der Waals surface area contributed by atoms with Gasteiger partial charge >= 0.3 is 0 Å². The van der Waals surface area contributed by atoms with Gasteiger partial charge in [-0.25, -0.2) is 0 Å². The van der Waals surface area contributed by atoms with Crippen LogP contribution in [-0.2, 0) is 0 Å². The molecule has 2 unspecified atom stereocenters. The summed E-state index contributed by atoms with van der Waals surface area (Å²) < 4.78 is 0. The van der Waals surface area contributed by atoms with Crippen LogP contribution in [0.1, 0.15) is 54.4 Å². The molecule has 0 spiro atoms. The maximum absolute atomic E-state index is 3.56. The second-order valence-corrected chi connectivity index (χ2v) is 4.58. The molecule has 13 heavy (non-hydrogen) atoms. The van der Waals surface area contributed by atoms with Crippen molar-refractivity contribution in [2.75, 3.05) is 0 Å². The van der Waals surface area contributed by atoms with Gasteiger partial charge in [0.05, 0.1) is 6.17 Å². The van der Waals surface area contributed by atoms with Crippen LogP contribution < -0.4 is 10.6 Å². The monoisotopic (exact) mass is 186 g/mol. The fourth-order valence-corrected chi connectivity index (χ4v) is 1.27. The number of nitrogens with one attached hydrogen (secondary N) is 2. The van der Waals surface area contributed by atoms with Crippen molar-refractivity contribution in [3.8, 4) is 0 Å². The van der Waals surface area contributed by atoms with Gasteiger partial charge in [0.2, 0.25) is 0 Å². The van der Waals surface area contributed by atoms with E-state index in [1.165, 1.54) is 6.42 Å². The molecule has 2 heteroatoms. The third-order valence-corrected chi connectivity index (χ3v) is 2.64. The third kappa shape index (κ3) is 6.05. The zero-order chi connectivity index (χ0) is 10.5. The molecule has 0 aromatic heterocycles. The molecular weight excluding hydrogens is 160 g/mol. The number of hydrogen-bond acceptors (Lipinski definition) is 2. The topological polar surface area (TPSA) is 24.1 Å². The van der Waals surface area contributed by atoms with Crippen LogP contribution in [0.5, 0.6) is 0 Å². The Labute approximate surface area is 83.5 Å². The molecule has 0 saturated heterocycles. The van der Waals surface area contributed by atoms with E-state index in [1.54, 1.807) is 0 Å². The van der Waals surface area contributed by atoms with Crippen LogP contribution >= 0.6 is 0 Å². The lowest BCUT2D eigenvalue weighted by molar-refractivity contribution is 0.286. The molecular formula is C11H26N2. The largest absolute Gasteiger partial charge is 0.300 e. The highest BCUT2D eigenvalue weighted by Gasteiger charge is 2.17. The summed E-state index contributed by atoms with van der Waals surface area (Å²) in [6.07, 6.45) is 2.72. The highest BCUT2D eigenvalue weighted by Crippen LogP contribution is 2.07. The van der Waals surface area contributed by atoms with Crippen LogP contribution in [0.4, 0.5) is 0 Å². The summed E-state index contributed by atoms with van der Waals surface area (Å²) in [5, 5.41) is 7.07. The molecule has 0 aliphatic rings. The molecule has 0 aromatic carbocycles. The Balaban J connectivity index is 3.79. The Bertz CT molecular complexity index is 132. The SMILES string of the molecule is CCC(C)NC(C)NC(C)(C)CC. The third-order valence-electron chi connectivity index (χ3n) is 2.64. The quantitative estimate of drug-likeness (QED) is 0.623. The van der Waals surface area contributed by atoms with Gasteiger partial charge in [0, 0.05) is 11.6 Å². The zero-order valence-electron chi connectivity index (χ0n) is 10.1. The molecule has 0 radical (unpaired) electrons. The van der Waals surface area contributed by atoms with Crippen molar-refractivity contribution in [2.24, 2.45) is 0 Å². The van der Waals surface area contributed by atoms with Crippen molar-refractivity contribution in [2.45, 2.75) is 72.1 Å². The fraction of sp³-hybridized carbons (Fsp3) is 1.00. The van der Waals surface area contributed by atoms with E-state index >= 15 is 0 Å². The minimum Gasteiger partial charge on any atom is -0.300 e. The van der Waals surface area contributed by atoms with Crippen molar-refractivity contribution >= 4 is 0 Å². The molecule has 0 heterocycles. The molecule has 0 fully saturated rings. The van der Waals surface area contributed by atoms with Gasteiger partial charge in [-0.1, -0.05) is 13.8 Å². The van der Waals surface area contributed by atoms with Crippen LogP contribution in [0, 0.1) is 0 Å². The Morgan fingerprint density at radius 3 is 2.08 bits per heavy atom. The molecule has 2 N–H and O–H groups in total. The zero-order valence-corrected chi connectivity index (χ0v) is 10.1. The average molecular weight is 186 g/mol. The summed E-state index contributed by atoms with van der Waals surface area (Å²) in [7, 11) is 0. The smallest absolute Gasteiger partial charge is 0.0548 e. The van der Waals surface area contributed by atoms with E-state index in [0.717, 1.165) is 6.42 Å². The lowest BCUT2D eigenvalue weighted by Crippen LogP contribution is -2.52. The van der Waals surface area contributed by atoms with Crippen LogP contribution in [0.25, 0.3) is 0 Å². The summed E-state index contributed by atoms with van der Waals surface area (Å²) in [5.41, 5.74) is 0.236. The maximum atomic E-state index is 3.56. The summed E-state index contributed by atoms with van der Waals surface area (Å²) in [6.45, 7) is 13.3. The van der Waals surface area contributed by atoms with E-state index in [1.807, 2.05) is 0 Å². The molecule has 0 amide bonds. The molecule has 0 rings (SSSR count). The lowest BCUT2D eigenvalue weighted by Gasteiger charge is -2.31. The second kappa shape index (κ2) is 5.61. The Morgan fingerprint density at radius 2 is 1.69 bits per heavy atom. The number of rotatable bonds is 6. The van der Waals surface area contributed by atoms with E-state index in [-0.39, 0.29) is 5.54 Å². The fourth-order valence-electron chi connectivity index (χ4n) is 1.27. The van der Waals surface area contributed by atoms with Gasteiger partial charge < -0.3 is 0 Å². The van der Waals surface area contributed by atoms with Gasteiger partial charge in [-0.2, -0.15) is 0 Å². The van der Waals surface area contributed by atoms with E-state index in [2.05, 4.69) is 52.2 Å². The van der Waals surface area contributed by atoms with Crippen molar-refractivity contribution in [3.63, 3.8) is 0 Å². The highest BCUT2D eigenvalue weighted by molar-refractivity contribution is 4.78. The van der Waals surface area contributed by atoms with E-state index in [4.69, 9.17) is 0 Å². The maximum Gasteiger partial charge on any atom is 0.0548 e. The molecule has 0 saturated carbocycles. The minimum atomic E-state index is 0.236. The first kappa shape index (κ1) is 12.9. The van der Waals surface area contributed by atoms with Gasteiger partial charge in [-0.15, -0.1) is 0 Å². The Morgan fingerprint density at radius 1 is 1.15 bits per heavy atom. The molecule has 2 nitrogen and oxygen atoms in total. The second-order valence-electron chi connectivity index (χ2n) is 4.58. The van der Waals surface area contributed by atoms with Gasteiger partial charge in [-0.3, -0.25) is 10.6 Å². The predicted octanol–water partition coefficient (Wildman–Crippen LogP) is 2.50. The van der Waals surface area contributed by atoms with Crippen molar-refractivity contribution in [1.82, 2.24) is 10.6 Å². The first-order valence-corrected chi connectivity index (χ1v) is 5.45. The molecule has 2 atom stereocenters.